The van der Waals surface area contributed by atoms with Gasteiger partial charge in [0.1, 0.15) is 0 Å². The highest BCUT2D eigenvalue weighted by molar-refractivity contribution is 5.33. The first-order valence-electron chi connectivity index (χ1n) is 7.19. The molecule has 0 bridgehead atoms. The van der Waals surface area contributed by atoms with Crippen molar-refractivity contribution in [3.8, 4) is 0 Å². The van der Waals surface area contributed by atoms with Crippen molar-refractivity contribution in [3.63, 3.8) is 0 Å². The fourth-order valence-electron chi connectivity index (χ4n) is 2.90. The van der Waals surface area contributed by atoms with Crippen molar-refractivity contribution < 1.29 is 0 Å². The molecule has 0 spiro atoms. The van der Waals surface area contributed by atoms with Gasteiger partial charge in [0.15, 0.2) is 0 Å². The Labute approximate surface area is 119 Å². The highest BCUT2D eigenvalue weighted by Gasteiger charge is 2.22. The van der Waals surface area contributed by atoms with Gasteiger partial charge in [-0.15, -0.1) is 0 Å². The van der Waals surface area contributed by atoms with E-state index >= 15 is 0 Å². The molecule has 2 aromatic heterocycles. The van der Waals surface area contributed by atoms with Gasteiger partial charge in [-0.1, -0.05) is 0 Å². The highest BCUT2D eigenvalue weighted by atomic mass is 15.3. The molecule has 0 atom stereocenters. The zero-order chi connectivity index (χ0) is 13.9. The minimum atomic E-state index is 0.639. The number of rotatable bonds is 2. The van der Waals surface area contributed by atoms with Crippen LogP contribution in [0.15, 0.2) is 30.6 Å². The predicted octanol–water partition coefficient (Wildman–Crippen LogP) is 2.87. The molecule has 4 heteroatoms. The van der Waals surface area contributed by atoms with Crippen molar-refractivity contribution in [1.82, 2.24) is 15.0 Å². The molecule has 104 valence electrons. The van der Waals surface area contributed by atoms with Crippen LogP contribution in [0.3, 0.4) is 0 Å². The maximum Gasteiger partial charge on any atom is 0.225 e. The van der Waals surface area contributed by atoms with E-state index < -0.39 is 0 Å². The normalized spacial score (nSPS) is 16.4. The second-order valence-electron chi connectivity index (χ2n) is 5.49. The third kappa shape index (κ3) is 2.79. The number of aromatic nitrogens is 3. The van der Waals surface area contributed by atoms with Crippen molar-refractivity contribution in [2.24, 2.45) is 0 Å². The summed E-state index contributed by atoms with van der Waals surface area (Å²) in [5.74, 6) is 1.52. The van der Waals surface area contributed by atoms with Gasteiger partial charge in [0.05, 0.1) is 0 Å². The minimum absolute atomic E-state index is 0.639. The fraction of sp³-hybridized carbons (Fsp3) is 0.438. The summed E-state index contributed by atoms with van der Waals surface area (Å²) in [6.45, 7) is 6.11. The standard InChI is InChI=1S/C16H20N4/c1-12-11-13(2)19-16(18-12)20-9-5-15(6-10-20)14-3-7-17-8-4-14/h3-4,7-8,11,15H,5-6,9-10H2,1-2H3. The molecule has 3 heterocycles. The molecule has 2 aromatic rings. The maximum absolute atomic E-state index is 4.56. The summed E-state index contributed by atoms with van der Waals surface area (Å²) in [5, 5.41) is 0. The Morgan fingerprint density at radius 2 is 1.60 bits per heavy atom. The van der Waals surface area contributed by atoms with E-state index in [2.05, 4.69) is 32.0 Å². The van der Waals surface area contributed by atoms with Crippen molar-refractivity contribution >= 4 is 5.95 Å². The van der Waals surface area contributed by atoms with Gasteiger partial charge in [-0.05, 0) is 56.4 Å². The van der Waals surface area contributed by atoms with Crippen molar-refractivity contribution in [2.45, 2.75) is 32.6 Å². The van der Waals surface area contributed by atoms with Crippen LogP contribution in [0.1, 0.15) is 35.7 Å². The molecule has 3 rings (SSSR count). The van der Waals surface area contributed by atoms with E-state index in [1.807, 2.05) is 32.3 Å². The first-order chi connectivity index (χ1) is 9.72. The zero-order valence-electron chi connectivity index (χ0n) is 12.1. The summed E-state index contributed by atoms with van der Waals surface area (Å²) in [6.07, 6.45) is 6.07. The number of nitrogens with zero attached hydrogens (tertiary/aromatic N) is 4. The topological polar surface area (TPSA) is 41.9 Å². The van der Waals surface area contributed by atoms with E-state index in [0.29, 0.717) is 5.92 Å². The highest BCUT2D eigenvalue weighted by Crippen LogP contribution is 2.28. The largest absolute Gasteiger partial charge is 0.341 e. The number of pyridine rings is 1. The van der Waals surface area contributed by atoms with Gasteiger partial charge in [-0.25, -0.2) is 9.97 Å². The molecule has 1 fully saturated rings. The Kier molecular flexibility index (Phi) is 3.63. The minimum Gasteiger partial charge on any atom is -0.341 e. The average Bonchev–Trinajstić information content (AvgIpc) is 2.47. The quantitative estimate of drug-likeness (QED) is 0.840. The van der Waals surface area contributed by atoms with Crippen LogP contribution in [-0.4, -0.2) is 28.0 Å². The SMILES string of the molecule is Cc1cc(C)nc(N2CCC(c3ccncc3)CC2)n1. The molecule has 1 aliphatic rings. The first-order valence-corrected chi connectivity index (χ1v) is 7.19. The molecule has 1 saturated heterocycles. The van der Waals surface area contributed by atoms with E-state index in [1.54, 1.807) is 0 Å². The van der Waals surface area contributed by atoms with Gasteiger partial charge in [-0.3, -0.25) is 4.98 Å². The molecule has 20 heavy (non-hydrogen) atoms. The molecular weight excluding hydrogens is 248 g/mol. The lowest BCUT2D eigenvalue weighted by molar-refractivity contribution is 0.498. The fourth-order valence-corrected chi connectivity index (χ4v) is 2.90. The van der Waals surface area contributed by atoms with E-state index in [4.69, 9.17) is 0 Å². The van der Waals surface area contributed by atoms with Gasteiger partial charge >= 0.3 is 0 Å². The van der Waals surface area contributed by atoms with Crippen LogP contribution in [-0.2, 0) is 0 Å². The Hall–Kier alpha value is -1.97. The number of aryl methyl sites for hydroxylation is 2. The lowest BCUT2D eigenvalue weighted by Gasteiger charge is -2.32. The number of hydrogen-bond donors (Lipinski definition) is 0. The van der Waals surface area contributed by atoms with Crippen LogP contribution < -0.4 is 4.90 Å². The monoisotopic (exact) mass is 268 g/mol. The van der Waals surface area contributed by atoms with Crippen molar-refractivity contribution in [2.75, 3.05) is 18.0 Å². The molecule has 0 saturated carbocycles. The number of piperidine rings is 1. The van der Waals surface area contributed by atoms with E-state index in [-0.39, 0.29) is 0 Å². The molecule has 0 radical (unpaired) electrons. The van der Waals surface area contributed by atoms with Gasteiger partial charge in [0.25, 0.3) is 0 Å². The first kappa shape index (κ1) is 13.0. The number of anilines is 1. The summed E-state index contributed by atoms with van der Waals surface area (Å²) < 4.78 is 0. The molecule has 0 N–H and O–H groups in total. The zero-order valence-corrected chi connectivity index (χ0v) is 12.1. The van der Waals surface area contributed by atoms with E-state index in [0.717, 1.165) is 43.3 Å². The third-order valence-corrected chi connectivity index (χ3v) is 3.93. The summed E-state index contributed by atoms with van der Waals surface area (Å²) >= 11 is 0. The van der Waals surface area contributed by atoms with Crippen LogP contribution in [0.25, 0.3) is 0 Å². The Bertz CT molecular complexity index is 554. The predicted molar refractivity (Wildman–Crippen MR) is 79.9 cm³/mol. The van der Waals surface area contributed by atoms with Crippen LogP contribution in [0.5, 0.6) is 0 Å². The second-order valence-corrected chi connectivity index (χ2v) is 5.49. The van der Waals surface area contributed by atoms with Crippen LogP contribution in [0.2, 0.25) is 0 Å². The van der Waals surface area contributed by atoms with Gasteiger partial charge < -0.3 is 4.90 Å². The summed E-state index contributed by atoms with van der Waals surface area (Å²) in [6, 6.07) is 6.29. The molecule has 4 nitrogen and oxygen atoms in total. The molecule has 0 aromatic carbocycles. The Balaban J connectivity index is 1.69. The van der Waals surface area contributed by atoms with Crippen molar-refractivity contribution in [3.05, 3.63) is 47.5 Å². The molecule has 0 aliphatic carbocycles. The molecule has 1 aliphatic heterocycles. The van der Waals surface area contributed by atoms with Crippen LogP contribution in [0.4, 0.5) is 5.95 Å². The van der Waals surface area contributed by atoms with Gasteiger partial charge in [-0.2, -0.15) is 0 Å². The molecule has 0 amide bonds. The van der Waals surface area contributed by atoms with Crippen LogP contribution in [0, 0.1) is 13.8 Å². The third-order valence-electron chi connectivity index (χ3n) is 3.93. The van der Waals surface area contributed by atoms with Crippen molar-refractivity contribution in [1.29, 1.82) is 0 Å². The summed E-state index contributed by atoms with van der Waals surface area (Å²) in [4.78, 5) is 15.5. The van der Waals surface area contributed by atoms with Crippen LogP contribution >= 0.6 is 0 Å². The lowest BCUT2D eigenvalue weighted by Crippen LogP contribution is -2.34. The Morgan fingerprint density at radius 1 is 1.00 bits per heavy atom. The Morgan fingerprint density at radius 3 is 2.20 bits per heavy atom. The molecular formula is C16H20N4. The number of hydrogen-bond acceptors (Lipinski definition) is 4. The second kappa shape index (κ2) is 5.57. The average molecular weight is 268 g/mol. The smallest absolute Gasteiger partial charge is 0.225 e. The van der Waals surface area contributed by atoms with E-state index in [1.165, 1.54) is 5.56 Å². The maximum atomic E-state index is 4.56. The van der Waals surface area contributed by atoms with Gasteiger partial charge in [0.2, 0.25) is 5.95 Å². The lowest BCUT2D eigenvalue weighted by atomic mass is 9.90. The summed E-state index contributed by atoms with van der Waals surface area (Å²) in [7, 11) is 0. The summed E-state index contributed by atoms with van der Waals surface area (Å²) in [5.41, 5.74) is 3.49. The molecule has 0 unspecified atom stereocenters. The van der Waals surface area contributed by atoms with Gasteiger partial charge in [0, 0.05) is 36.9 Å². The van der Waals surface area contributed by atoms with E-state index in [9.17, 15) is 0 Å².